The molecular formula is C24H30O3Si2. The van der Waals surface area contributed by atoms with E-state index in [-0.39, 0.29) is 11.6 Å². The van der Waals surface area contributed by atoms with Gasteiger partial charge in [-0.1, -0.05) is 61.7 Å². The lowest BCUT2D eigenvalue weighted by molar-refractivity contribution is 0.103. The number of ketones is 2. The van der Waals surface area contributed by atoms with Crippen LogP contribution >= 0.6 is 0 Å². The molecule has 29 heavy (non-hydrogen) atoms. The van der Waals surface area contributed by atoms with E-state index in [2.05, 4.69) is 39.3 Å². The molecular weight excluding hydrogens is 392 g/mol. The van der Waals surface area contributed by atoms with E-state index in [1.165, 1.54) is 12.2 Å². The first kappa shape index (κ1) is 22.9. The standard InChI is InChI=1S/C24H30O3Si2/c1-7-23(25)21-15-11-9-13-19(21)17-28(3,4)27-29(5,6)18-20-14-10-12-16-22(20)24(26)8-2/h7-16H,1-2,17-18H2,3-6H3. The van der Waals surface area contributed by atoms with Crippen LogP contribution in [0.15, 0.2) is 73.8 Å². The molecule has 0 saturated carbocycles. The van der Waals surface area contributed by atoms with Crippen LogP contribution in [-0.2, 0) is 16.2 Å². The summed E-state index contributed by atoms with van der Waals surface area (Å²) in [5, 5.41) is 0. The number of benzene rings is 2. The van der Waals surface area contributed by atoms with Gasteiger partial charge in [-0.05, 0) is 61.6 Å². The summed E-state index contributed by atoms with van der Waals surface area (Å²) in [4.78, 5) is 24.4. The van der Waals surface area contributed by atoms with Crippen molar-refractivity contribution in [3.05, 3.63) is 96.1 Å². The second-order valence-electron chi connectivity index (χ2n) is 8.43. The highest BCUT2D eigenvalue weighted by atomic mass is 28.4. The van der Waals surface area contributed by atoms with Crippen molar-refractivity contribution in [3.63, 3.8) is 0 Å². The van der Waals surface area contributed by atoms with Crippen LogP contribution in [0.1, 0.15) is 31.8 Å². The van der Waals surface area contributed by atoms with Crippen LogP contribution in [-0.4, -0.2) is 28.2 Å². The molecule has 0 amide bonds. The van der Waals surface area contributed by atoms with Gasteiger partial charge in [-0.3, -0.25) is 9.59 Å². The average molecular weight is 423 g/mol. The Bertz CT molecular complexity index is 854. The van der Waals surface area contributed by atoms with Crippen LogP contribution in [0.2, 0.25) is 26.2 Å². The van der Waals surface area contributed by atoms with Crippen LogP contribution in [0.25, 0.3) is 0 Å². The van der Waals surface area contributed by atoms with Crippen molar-refractivity contribution in [2.24, 2.45) is 0 Å². The molecule has 2 rings (SSSR count). The van der Waals surface area contributed by atoms with Gasteiger partial charge in [0.05, 0.1) is 0 Å². The molecule has 2 aromatic carbocycles. The number of hydrogen-bond acceptors (Lipinski definition) is 3. The number of hydrogen-bond donors (Lipinski definition) is 0. The molecule has 152 valence electrons. The zero-order chi connectivity index (χ0) is 21.7. The summed E-state index contributed by atoms with van der Waals surface area (Å²) in [6.07, 6.45) is 2.72. The van der Waals surface area contributed by atoms with Crippen molar-refractivity contribution < 1.29 is 13.7 Å². The Balaban J connectivity index is 2.22. The van der Waals surface area contributed by atoms with Gasteiger partial charge < -0.3 is 4.12 Å². The third-order valence-corrected chi connectivity index (χ3v) is 11.6. The summed E-state index contributed by atoms with van der Waals surface area (Å²) >= 11 is 0. The second kappa shape index (κ2) is 9.43. The van der Waals surface area contributed by atoms with Crippen molar-refractivity contribution >= 4 is 28.2 Å². The summed E-state index contributed by atoms with van der Waals surface area (Å²) in [6, 6.07) is 16.9. The highest BCUT2D eigenvalue weighted by molar-refractivity contribution is 6.84. The SMILES string of the molecule is C=CC(=O)c1ccccc1C[Si](C)(C)O[Si](C)(C)Cc1ccccc1C(=O)C=C. The molecule has 0 N–H and O–H groups in total. The first-order chi connectivity index (χ1) is 13.6. The zero-order valence-electron chi connectivity index (χ0n) is 17.8. The van der Waals surface area contributed by atoms with Crippen LogP contribution < -0.4 is 0 Å². The number of carbonyl (C=O) groups excluding carboxylic acids is 2. The lowest BCUT2D eigenvalue weighted by Crippen LogP contribution is -2.48. The Kier molecular flexibility index (Phi) is 7.46. The maximum absolute atomic E-state index is 12.2. The summed E-state index contributed by atoms with van der Waals surface area (Å²) in [6.45, 7) is 16.0. The molecule has 0 radical (unpaired) electrons. The summed E-state index contributed by atoms with van der Waals surface area (Å²) in [5.74, 6) is -0.113. The van der Waals surface area contributed by atoms with Gasteiger partial charge in [0, 0.05) is 11.1 Å². The highest BCUT2D eigenvalue weighted by Crippen LogP contribution is 2.25. The molecule has 5 heteroatoms. The average Bonchev–Trinajstić information content (AvgIpc) is 2.66. The molecule has 0 unspecified atom stereocenters. The van der Waals surface area contributed by atoms with Gasteiger partial charge in [0.25, 0.3) is 0 Å². The molecule has 2 aromatic rings. The van der Waals surface area contributed by atoms with Gasteiger partial charge in [0.2, 0.25) is 0 Å². The minimum Gasteiger partial charge on any atom is -0.455 e. The lowest BCUT2D eigenvalue weighted by Gasteiger charge is -2.35. The fourth-order valence-corrected chi connectivity index (χ4v) is 12.8. The van der Waals surface area contributed by atoms with Crippen molar-refractivity contribution in [2.45, 2.75) is 38.3 Å². The Labute approximate surface area is 176 Å². The third-order valence-electron chi connectivity index (χ3n) is 4.72. The van der Waals surface area contributed by atoms with Crippen molar-refractivity contribution in [3.8, 4) is 0 Å². The van der Waals surface area contributed by atoms with E-state index in [4.69, 9.17) is 4.12 Å². The predicted molar refractivity (Wildman–Crippen MR) is 125 cm³/mol. The maximum Gasteiger partial charge on any atom is 0.185 e. The molecule has 0 bridgehead atoms. The molecule has 0 aliphatic rings. The predicted octanol–water partition coefficient (Wildman–Crippen LogP) is 5.71. The first-order valence-electron chi connectivity index (χ1n) is 9.78. The van der Waals surface area contributed by atoms with Gasteiger partial charge in [-0.15, -0.1) is 0 Å². The van der Waals surface area contributed by atoms with Crippen LogP contribution in [0, 0.1) is 0 Å². The number of rotatable bonds is 10. The Morgan fingerprint density at radius 3 is 1.45 bits per heavy atom. The second-order valence-corrected chi connectivity index (χ2v) is 17.0. The fraction of sp³-hybridized carbons (Fsp3) is 0.250. The van der Waals surface area contributed by atoms with E-state index in [0.29, 0.717) is 11.1 Å². The molecule has 0 aliphatic carbocycles. The Hall–Kier alpha value is -2.35. The smallest absolute Gasteiger partial charge is 0.185 e. The van der Waals surface area contributed by atoms with Gasteiger partial charge >= 0.3 is 0 Å². The summed E-state index contributed by atoms with van der Waals surface area (Å²) in [5.41, 5.74) is 3.43. The lowest BCUT2D eigenvalue weighted by atomic mass is 10.1. The molecule has 0 fully saturated rings. The van der Waals surface area contributed by atoms with Gasteiger partial charge in [0.1, 0.15) is 0 Å². The van der Waals surface area contributed by atoms with Crippen molar-refractivity contribution in [2.75, 3.05) is 0 Å². The summed E-state index contributed by atoms with van der Waals surface area (Å²) < 4.78 is 6.77. The van der Waals surface area contributed by atoms with Crippen LogP contribution in [0.3, 0.4) is 0 Å². The van der Waals surface area contributed by atoms with Crippen LogP contribution in [0.4, 0.5) is 0 Å². The van der Waals surface area contributed by atoms with E-state index in [9.17, 15) is 9.59 Å². The van der Waals surface area contributed by atoms with Crippen LogP contribution in [0.5, 0.6) is 0 Å². The van der Waals surface area contributed by atoms with E-state index in [0.717, 1.165) is 23.2 Å². The normalized spacial score (nSPS) is 11.7. The minimum atomic E-state index is -2.11. The molecule has 0 saturated heterocycles. The molecule has 3 nitrogen and oxygen atoms in total. The molecule has 0 atom stereocenters. The Morgan fingerprint density at radius 2 is 1.10 bits per heavy atom. The monoisotopic (exact) mass is 422 g/mol. The molecule has 0 aromatic heterocycles. The zero-order valence-corrected chi connectivity index (χ0v) is 19.8. The van der Waals surface area contributed by atoms with Gasteiger partial charge in [-0.2, -0.15) is 0 Å². The van der Waals surface area contributed by atoms with E-state index in [1.54, 1.807) is 0 Å². The maximum atomic E-state index is 12.2. The van der Waals surface area contributed by atoms with Crippen molar-refractivity contribution in [1.29, 1.82) is 0 Å². The number of carbonyl (C=O) groups is 2. The third kappa shape index (κ3) is 6.32. The topological polar surface area (TPSA) is 43.4 Å². The fourth-order valence-electron chi connectivity index (χ4n) is 3.79. The molecule has 0 spiro atoms. The number of allylic oxidation sites excluding steroid dienone is 2. The highest BCUT2D eigenvalue weighted by Gasteiger charge is 2.34. The minimum absolute atomic E-state index is 0.0567. The Morgan fingerprint density at radius 1 is 0.759 bits per heavy atom. The molecule has 0 heterocycles. The van der Waals surface area contributed by atoms with Crippen molar-refractivity contribution in [1.82, 2.24) is 0 Å². The quantitative estimate of drug-likeness (QED) is 0.280. The molecule has 0 aliphatic heterocycles. The first-order valence-corrected chi connectivity index (χ1v) is 16.0. The summed E-state index contributed by atoms with van der Waals surface area (Å²) in [7, 11) is -4.21. The van der Waals surface area contributed by atoms with E-state index >= 15 is 0 Å². The van der Waals surface area contributed by atoms with Gasteiger partial charge in [0.15, 0.2) is 28.2 Å². The van der Waals surface area contributed by atoms with Gasteiger partial charge in [-0.25, -0.2) is 0 Å². The largest absolute Gasteiger partial charge is 0.455 e. The van der Waals surface area contributed by atoms with E-state index < -0.39 is 16.6 Å². The van der Waals surface area contributed by atoms with E-state index in [1.807, 2.05) is 48.5 Å².